The maximum atomic E-state index is 13.6. The molecule has 0 spiro atoms. The Hall–Kier alpha value is -5.24. The van der Waals surface area contributed by atoms with Crippen LogP contribution in [0.2, 0.25) is 0 Å². The summed E-state index contributed by atoms with van der Waals surface area (Å²) >= 11 is 0. The molecule has 1 aliphatic heterocycles. The smallest absolute Gasteiger partial charge is 0.274 e. The number of anilines is 2. The molecule has 0 radical (unpaired) electrons. The molecule has 2 aromatic heterocycles. The number of nitrogens with one attached hydrogen (secondary N) is 3. The Kier molecular flexibility index (Phi) is 5.09. The number of amides is 2. The summed E-state index contributed by atoms with van der Waals surface area (Å²) < 4.78 is 5.38. The third-order valence-electron chi connectivity index (χ3n) is 7.42. The Labute approximate surface area is 222 Å². The fourth-order valence-corrected chi connectivity index (χ4v) is 5.48. The second-order valence-electron chi connectivity index (χ2n) is 9.72. The number of benzene rings is 4. The van der Waals surface area contributed by atoms with Gasteiger partial charge in [-0.3, -0.25) is 9.59 Å². The van der Waals surface area contributed by atoms with Gasteiger partial charge in [0, 0.05) is 45.5 Å². The van der Waals surface area contributed by atoms with Gasteiger partial charge in [-0.2, -0.15) is 0 Å². The lowest BCUT2D eigenvalue weighted by molar-refractivity contribution is 0.0983. The number of nitrogens with zero attached hydrogens (tertiary/aromatic N) is 1. The molecule has 192 valence electrons. The van der Waals surface area contributed by atoms with E-state index in [4.69, 9.17) is 4.74 Å². The number of phenols is 1. The van der Waals surface area contributed by atoms with Crippen LogP contribution in [0.5, 0.6) is 11.5 Å². The molecular weight excluding hydrogens is 492 g/mol. The van der Waals surface area contributed by atoms with E-state index in [-0.39, 0.29) is 17.6 Å². The van der Waals surface area contributed by atoms with Crippen molar-refractivity contribution in [1.82, 2.24) is 9.97 Å². The minimum Gasteiger partial charge on any atom is -0.507 e. The maximum absolute atomic E-state index is 13.6. The van der Waals surface area contributed by atoms with Gasteiger partial charge >= 0.3 is 0 Å². The first-order chi connectivity index (χ1) is 19.0. The molecule has 8 heteroatoms. The number of methoxy groups -OCH3 is 1. The highest BCUT2D eigenvalue weighted by Gasteiger charge is 2.29. The molecule has 0 saturated carbocycles. The lowest BCUT2D eigenvalue weighted by Crippen LogP contribution is -2.29. The quantitative estimate of drug-likeness (QED) is 0.231. The first kappa shape index (κ1) is 22.9. The van der Waals surface area contributed by atoms with E-state index in [0.717, 1.165) is 38.1 Å². The molecule has 3 heterocycles. The van der Waals surface area contributed by atoms with Crippen molar-refractivity contribution in [3.05, 3.63) is 95.8 Å². The van der Waals surface area contributed by atoms with Crippen LogP contribution >= 0.6 is 0 Å². The van der Waals surface area contributed by atoms with Crippen LogP contribution in [-0.2, 0) is 6.42 Å². The highest BCUT2D eigenvalue weighted by Crippen LogP contribution is 2.41. The van der Waals surface area contributed by atoms with E-state index in [1.54, 1.807) is 30.2 Å². The highest BCUT2D eigenvalue weighted by atomic mass is 16.5. The van der Waals surface area contributed by atoms with E-state index in [1.165, 1.54) is 0 Å². The number of carbonyl (C=O) groups is 2. The lowest BCUT2D eigenvalue weighted by atomic mass is 10.0. The zero-order valence-electron chi connectivity index (χ0n) is 21.0. The minimum absolute atomic E-state index is 0.123. The van der Waals surface area contributed by atoms with Gasteiger partial charge < -0.3 is 30.0 Å². The summed E-state index contributed by atoms with van der Waals surface area (Å²) in [6.45, 7) is 0.505. The molecule has 0 fully saturated rings. The number of para-hydroxylation sites is 1. The summed E-state index contributed by atoms with van der Waals surface area (Å²) in [7, 11) is 1.61. The molecule has 0 saturated heterocycles. The second kappa shape index (κ2) is 8.66. The zero-order valence-corrected chi connectivity index (χ0v) is 21.0. The molecule has 2 amide bonds. The number of rotatable bonds is 4. The number of hydrogen-bond donors (Lipinski definition) is 4. The van der Waals surface area contributed by atoms with E-state index < -0.39 is 0 Å². The van der Waals surface area contributed by atoms with E-state index in [9.17, 15) is 14.7 Å². The molecule has 39 heavy (non-hydrogen) atoms. The summed E-state index contributed by atoms with van der Waals surface area (Å²) in [5.74, 6) is 0.395. The van der Waals surface area contributed by atoms with E-state index in [1.807, 2.05) is 60.7 Å². The topological polar surface area (TPSA) is 110 Å². The molecule has 8 nitrogen and oxygen atoms in total. The molecule has 1 aliphatic rings. The van der Waals surface area contributed by atoms with Crippen molar-refractivity contribution in [3.8, 4) is 11.5 Å². The highest BCUT2D eigenvalue weighted by molar-refractivity contribution is 6.11. The molecule has 4 N–H and O–H groups in total. The normalized spacial score (nSPS) is 12.8. The molecule has 4 aromatic carbocycles. The second-order valence-corrected chi connectivity index (χ2v) is 9.72. The molecule has 6 aromatic rings. The number of fused-ring (bicyclic) bond motifs is 5. The van der Waals surface area contributed by atoms with E-state index >= 15 is 0 Å². The number of aromatic hydroxyl groups is 1. The Morgan fingerprint density at radius 3 is 2.51 bits per heavy atom. The average molecular weight is 517 g/mol. The lowest BCUT2D eigenvalue weighted by Gasteiger charge is -2.17. The summed E-state index contributed by atoms with van der Waals surface area (Å²) in [5, 5.41) is 17.0. The summed E-state index contributed by atoms with van der Waals surface area (Å²) in [4.78, 5) is 34.5. The van der Waals surface area contributed by atoms with Gasteiger partial charge in [0.05, 0.1) is 12.8 Å². The van der Waals surface area contributed by atoms with Crippen molar-refractivity contribution >= 4 is 55.8 Å². The zero-order chi connectivity index (χ0) is 26.7. The number of aromatic nitrogens is 2. The third kappa shape index (κ3) is 3.76. The SMILES string of the molecule is COc1ccc2c(O)cc3c(c2c1)CCN3C(=O)c1cc2cc(NC(=O)c3cc4ccccc4[nH]3)ccc2[nH]1. The Bertz CT molecular complexity index is 1920. The van der Waals surface area contributed by atoms with Crippen molar-refractivity contribution in [1.29, 1.82) is 0 Å². The van der Waals surface area contributed by atoms with Gasteiger partial charge in [0.15, 0.2) is 0 Å². The summed E-state index contributed by atoms with van der Waals surface area (Å²) in [5.41, 5.74) is 4.92. The van der Waals surface area contributed by atoms with Crippen molar-refractivity contribution in [2.75, 3.05) is 23.9 Å². The average Bonchev–Trinajstić information content (AvgIpc) is 3.68. The molecule has 7 rings (SSSR count). The molecule has 0 atom stereocenters. The Balaban J connectivity index is 1.17. The van der Waals surface area contributed by atoms with Gasteiger partial charge in [-0.15, -0.1) is 0 Å². The van der Waals surface area contributed by atoms with Crippen molar-refractivity contribution in [3.63, 3.8) is 0 Å². The van der Waals surface area contributed by atoms with Crippen molar-refractivity contribution < 1.29 is 19.4 Å². The van der Waals surface area contributed by atoms with E-state index in [0.29, 0.717) is 41.5 Å². The molecular formula is C31H24N4O4. The van der Waals surface area contributed by atoms with Gasteiger partial charge in [0.1, 0.15) is 22.9 Å². The number of ether oxygens (including phenoxy) is 1. The van der Waals surface area contributed by atoms with Crippen LogP contribution < -0.4 is 15.0 Å². The predicted octanol–water partition coefficient (Wildman–Crippen LogP) is 5.97. The van der Waals surface area contributed by atoms with Crippen LogP contribution in [0.15, 0.2) is 78.9 Å². The minimum atomic E-state index is -0.241. The third-order valence-corrected chi connectivity index (χ3v) is 7.42. The van der Waals surface area contributed by atoms with Gasteiger partial charge in [-0.25, -0.2) is 0 Å². The summed E-state index contributed by atoms with van der Waals surface area (Å²) in [6, 6.07) is 24.0. The van der Waals surface area contributed by atoms with Crippen molar-refractivity contribution in [2.45, 2.75) is 6.42 Å². The number of carbonyl (C=O) groups excluding carboxylic acids is 2. The van der Waals surface area contributed by atoms with Crippen LogP contribution in [0.1, 0.15) is 26.5 Å². The molecule has 0 unspecified atom stereocenters. The fourth-order valence-electron chi connectivity index (χ4n) is 5.48. The Morgan fingerprint density at radius 2 is 1.67 bits per heavy atom. The Morgan fingerprint density at radius 1 is 0.872 bits per heavy atom. The standard InChI is InChI=1S/C31H24N4O4/c1-39-20-7-8-22-23(15-20)21-10-11-35(28(21)16-29(22)36)31(38)27-14-18-12-19(6-9-25(18)34-27)32-30(37)26-13-17-4-2-3-5-24(17)33-26/h2-9,12-16,33-34,36H,10-11H2,1H3,(H,32,37). The monoisotopic (exact) mass is 516 g/mol. The summed E-state index contributed by atoms with van der Waals surface area (Å²) in [6.07, 6.45) is 0.676. The van der Waals surface area contributed by atoms with E-state index in [2.05, 4.69) is 15.3 Å². The first-order valence-corrected chi connectivity index (χ1v) is 12.6. The molecule has 0 bridgehead atoms. The number of H-pyrrole nitrogens is 2. The maximum Gasteiger partial charge on any atom is 0.274 e. The van der Waals surface area contributed by atoms with Gasteiger partial charge in [-0.05, 0) is 72.0 Å². The van der Waals surface area contributed by atoms with Crippen LogP contribution in [-0.4, -0.2) is 40.5 Å². The molecule has 0 aliphatic carbocycles. The van der Waals surface area contributed by atoms with Crippen molar-refractivity contribution in [2.24, 2.45) is 0 Å². The fraction of sp³-hybridized carbons (Fsp3) is 0.0968. The number of aromatic amines is 2. The largest absolute Gasteiger partial charge is 0.507 e. The van der Waals surface area contributed by atoms with Crippen LogP contribution in [0.25, 0.3) is 32.6 Å². The van der Waals surface area contributed by atoms with Crippen LogP contribution in [0, 0.1) is 0 Å². The van der Waals surface area contributed by atoms with Gasteiger partial charge in [-0.1, -0.05) is 18.2 Å². The van der Waals surface area contributed by atoms with Crippen LogP contribution in [0.4, 0.5) is 11.4 Å². The van der Waals surface area contributed by atoms with Gasteiger partial charge in [0.2, 0.25) is 0 Å². The van der Waals surface area contributed by atoms with Crippen LogP contribution in [0.3, 0.4) is 0 Å². The van der Waals surface area contributed by atoms with Gasteiger partial charge in [0.25, 0.3) is 11.8 Å². The predicted molar refractivity (Wildman–Crippen MR) is 152 cm³/mol. The number of phenolic OH excluding ortho intramolecular Hbond substituents is 1. The first-order valence-electron chi connectivity index (χ1n) is 12.6. The number of hydrogen-bond acceptors (Lipinski definition) is 4.